The number of hydrogen-bond acceptors (Lipinski definition) is 6. The fourth-order valence-corrected chi connectivity index (χ4v) is 5.99. The van der Waals surface area contributed by atoms with E-state index in [0.717, 1.165) is 21.9 Å². The fraction of sp³-hybridized carbons (Fsp3) is 0.163. The zero-order valence-corrected chi connectivity index (χ0v) is 30.9. The highest BCUT2D eigenvalue weighted by molar-refractivity contribution is 6.30. The van der Waals surface area contributed by atoms with Crippen molar-refractivity contribution < 1.29 is 18.3 Å². The Bertz CT molecular complexity index is 2530. The van der Waals surface area contributed by atoms with Crippen LogP contribution >= 0.6 is 11.6 Å². The summed E-state index contributed by atoms with van der Waals surface area (Å²) in [5.74, 6) is 0.501. The summed E-state index contributed by atoms with van der Waals surface area (Å²) in [6.45, 7) is 7.36. The summed E-state index contributed by atoms with van der Waals surface area (Å²) in [5, 5.41) is 9.72. The van der Waals surface area contributed by atoms with Crippen molar-refractivity contribution in [1.82, 2.24) is 9.97 Å². The number of halogens is 3. The van der Waals surface area contributed by atoms with E-state index in [1.165, 1.54) is 12.1 Å². The Kier molecular flexibility index (Phi) is 11.6. The second-order valence-electron chi connectivity index (χ2n) is 13.1. The largest absolute Gasteiger partial charge is 0.488 e. The summed E-state index contributed by atoms with van der Waals surface area (Å²) < 4.78 is 39.3. The van der Waals surface area contributed by atoms with Gasteiger partial charge in [0, 0.05) is 51.3 Å². The molecule has 0 aliphatic heterocycles. The van der Waals surface area contributed by atoms with Crippen LogP contribution in [-0.2, 0) is 6.42 Å². The standard InChI is InChI=1S/C25H22ClFN2O2.C18H17FN2O2/c1-15(2)31-23-12-11-18(14-22(23)27)28-24-21(13-16-7-9-17(26)10-8-16)19-5-3-4-6-20(19)25(30)29-24;1-11(2)23-16-8-7-13(10-15(16)19)20-17-9-12-5-3-4-6-14(12)18(22)21-17/h3-12,14-15H,13H2,1-2H3,(H2,28,29,30);3-11H,1-2H3,(H2,20,21,22). The highest BCUT2D eigenvalue weighted by Crippen LogP contribution is 2.30. The van der Waals surface area contributed by atoms with Crippen molar-refractivity contribution in [3.8, 4) is 11.5 Å². The predicted molar refractivity (Wildman–Crippen MR) is 214 cm³/mol. The Morgan fingerprint density at radius 2 is 1.17 bits per heavy atom. The normalized spacial score (nSPS) is 11.1. The van der Waals surface area contributed by atoms with E-state index in [9.17, 15) is 18.4 Å². The molecule has 0 saturated heterocycles. The molecule has 2 heterocycles. The minimum Gasteiger partial charge on any atom is -0.488 e. The topological polar surface area (TPSA) is 108 Å². The van der Waals surface area contributed by atoms with Crippen molar-refractivity contribution in [2.45, 2.75) is 46.3 Å². The highest BCUT2D eigenvalue weighted by atomic mass is 35.5. The van der Waals surface area contributed by atoms with E-state index >= 15 is 0 Å². The second kappa shape index (κ2) is 16.7. The van der Waals surface area contributed by atoms with Gasteiger partial charge in [-0.05, 0) is 98.6 Å². The molecule has 0 atom stereocenters. The number of aromatic amines is 2. The lowest BCUT2D eigenvalue weighted by atomic mass is 9.99. The van der Waals surface area contributed by atoms with E-state index in [1.54, 1.807) is 36.4 Å². The Morgan fingerprint density at radius 3 is 1.76 bits per heavy atom. The SMILES string of the molecule is CC(C)Oc1ccc(Nc2[nH]c(=O)c3ccccc3c2Cc2ccc(Cl)cc2)cc1F.CC(C)Oc1ccc(Nc2cc3ccccc3c(=O)[nH]2)cc1F. The molecule has 0 fully saturated rings. The minimum atomic E-state index is -0.471. The molecule has 0 aliphatic rings. The third-order valence-corrected chi connectivity index (χ3v) is 8.47. The zero-order chi connectivity index (χ0) is 38.4. The lowest BCUT2D eigenvalue weighted by Crippen LogP contribution is -2.13. The van der Waals surface area contributed by atoms with E-state index in [-0.39, 0.29) is 34.8 Å². The molecule has 2 aromatic heterocycles. The number of aromatic nitrogens is 2. The smallest absolute Gasteiger partial charge is 0.257 e. The van der Waals surface area contributed by atoms with E-state index in [4.69, 9.17) is 21.1 Å². The van der Waals surface area contributed by atoms with Gasteiger partial charge in [0.1, 0.15) is 11.6 Å². The summed E-state index contributed by atoms with van der Waals surface area (Å²) in [7, 11) is 0. The van der Waals surface area contributed by atoms with Crippen LogP contribution in [-0.4, -0.2) is 22.2 Å². The lowest BCUT2D eigenvalue weighted by Gasteiger charge is -2.16. The van der Waals surface area contributed by atoms with Gasteiger partial charge in [-0.3, -0.25) is 9.59 Å². The van der Waals surface area contributed by atoms with Gasteiger partial charge in [0.25, 0.3) is 11.1 Å². The number of nitrogens with one attached hydrogen (secondary N) is 4. The zero-order valence-electron chi connectivity index (χ0n) is 30.1. The first-order valence-corrected chi connectivity index (χ1v) is 17.8. The average Bonchev–Trinajstić information content (AvgIpc) is 3.13. The molecule has 0 unspecified atom stereocenters. The molecule has 8 nitrogen and oxygen atoms in total. The van der Waals surface area contributed by atoms with Crippen molar-refractivity contribution in [3.63, 3.8) is 0 Å². The number of fused-ring (bicyclic) bond motifs is 2. The first kappa shape index (κ1) is 37.6. The van der Waals surface area contributed by atoms with Crippen molar-refractivity contribution >= 4 is 56.2 Å². The van der Waals surface area contributed by atoms with E-state index < -0.39 is 11.6 Å². The van der Waals surface area contributed by atoms with Gasteiger partial charge in [0.2, 0.25) is 0 Å². The molecule has 7 aromatic rings. The van der Waals surface area contributed by atoms with E-state index in [0.29, 0.717) is 45.2 Å². The van der Waals surface area contributed by atoms with Crippen molar-refractivity contribution in [3.05, 3.63) is 164 Å². The summed E-state index contributed by atoms with van der Waals surface area (Å²) in [5.41, 5.74) is 2.59. The van der Waals surface area contributed by atoms with Crippen LogP contribution in [0.15, 0.2) is 125 Å². The third-order valence-electron chi connectivity index (χ3n) is 8.22. The van der Waals surface area contributed by atoms with Crippen LogP contribution in [0, 0.1) is 11.6 Å². The number of ether oxygens (including phenoxy) is 2. The monoisotopic (exact) mass is 748 g/mol. The summed E-state index contributed by atoms with van der Waals surface area (Å²) in [4.78, 5) is 30.4. The molecule has 54 heavy (non-hydrogen) atoms. The first-order chi connectivity index (χ1) is 25.9. The molecule has 4 N–H and O–H groups in total. The number of H-pyrrole nitrogens is 2. The van der Waals surface area contributed by atoms with Crippen molar-refractivity contribution in [2.75, 3.05) is 10.6 Å². The van der Waals surface area contributed by atoms with Gasteiger partial charge in [-0.25, -0.2) is 8.78 Å². The molecule has 7 rings (SSSR count). The van der Waals surface area contributed by atoms with Crippen LogP contribution in [0.1, 0.15) is 38.8 Å². The fourth-order valence-electron chi connectivity index (χ4n) is 5.87. The molecule has 0 amide bonds. The Balaban J connectivity index is 0.000000193. The second-order valence-corrected chi connectivity index (χ2v) is 13.6. The van der Waals surface area contributed by atoms with E-state index in [1.807, 2.05) is 94.4 Å². The van der Waals surface area contributed by atoms with Crippen LogP contribution < -0.4 is 31.2 Å². The maximum Gasteiger partial charge on any atom is 0.257 e. The molecular formula is C43H39ClF2N4O4. The molecule has 11 heteroatoms. The highest BCUT2D eigenvalue weighted by Gasteiger charge is 2.14. The first-order valence-electron chi connectivity index (χ1n) is 17.4. The van der Waals surface area contributed by atoms with Gasteiger partial charge in [-0.1, -0.05) is 60.1 Å². The third kappa shape index (κ3) is 9.26. The summed E-state index contributed by atoms with van der Waals surface area (Å²) in [6.07, 6.45) is 0.338. The van der Waals surface area contributed by atoms with Crippen LogP contribution in [0.4, 0.5) is 31.8 Å². The average molecular weight is 749 g/mol. The summed E-state index contributed by atoms with van der Waals surface area (Å²) >= 11 is 6.02. The number of benzene rings is 5. The number of hydrogen-bond donors (Lipinski definition) is 4. The van der Waals surface area contributed by atoms with Crippen LogP contribution in [0.5, 0.6) is 11.5 Å². The quantitative estimate of drug-likeness (QED) is 0.111. The maximum absolute atomic E-state index is 14.5. The molecule has 0 spiro atoms. The predicted octanol–water partition coefficient (Wildman–Crippen LogP) is 10.6. The Labute approximate surface area is 315 Å². The van der Waals surface area contributed by atoms with Crippen LogP contribution in [0.3, 0.4) is 0 Å². The van der Waals surface area contributed by atoms with Crippen LogP contribution in [0.25, 0.3) is 21.5 Å². The molecule has 0 aliphatic carbocycles. The Hall–Kier alpha value is -6.13. The Morgan fingerprint density at radius 1 is 0.630 bits per heavy atom. The maximum atomic E-state index is 14.5. The number of rotatable bonds is 10. The van der Waals surface area contributed by atoms with Gasteiger partial charge in [-0.2, -0.15) is 0 Å². The van der Waals surface area contributed by atoms with Gasteiger partial charge >= 0.3 is 0 Å². The van der Waals surface area contributed by atoms with Crippen molar-refractivity contribution in [1.29, 1.82) is 0 Å². The molecule has 0 saturated carbocycles. The van der Waals surface area contributed by atoms with Crippen molar-refractivity contribution in [2.24, 2.45) is 0 Å². The van der Waals surface area contributed by atoms with Gasteiger partial charge < -0.3 is 30.1 Å². The van der Waals surface area contributed by atoms with Gasteiger partial charge in [0.05, 0.1) is 12.2 Å². The molecule has 276 valence electrons. The van der Waals surface area contributed by atoms with E-state index in [2.05, 4.69) is 20.6 Å². The lowest BCUT2D eigenvalue weighted by molar-refractivity contribution is 0.231. The number of anilines is 4. The molecule has 0 radical (unpaired) electrons. The molecule has 0 bridgehead atoms. The van der Waals surface area contributed by atoms with Crippen LogP contribution in [0.2, 0.25) is 5.02 Å². The number of pyridine rings is 2. The molecular weight excluding hydrogens is 710 g/mol. The van der Waals surface area contributed by atoms with Gasteiger partial charge in [-0.15, -0.1) is 0 Å². The summed E-state index contributed by atoms with van der Waals surface area (Å²) in [6, 6.07) is 33.4. The minimum absolute atomic E-state index is 0.0971. The van der Waals surface area contributed by atoms with Gasteiger partial charge in [0.15, 0.2) is 23.1 Å². The molecule has 5 aromatic carbocycles.